The molecule has 5 nitrogen and oxygen atoms in total. The van der Waals surface area contributed by atoms with E-state index in [1.165, 1.54) is 90.2 Å². The van der Waals surface area contributed by atoms with Crippen molar-refractivity contribution in [2.45, 2.75) is 102 Å². The van der Waals surface area contributed by atoms with E-state index < -0.39 is 10.1 Å². The molecule has 1 aromatic carbocycles. The van der Waals surface area contributed by atoms with Crippen molar-refractivity contribution >= 4 is 15.8 Å². The van der Waals surface area contributed by atoms with Crippen molar-refractivity contribution < 1.29 is 47.3 Å². The van der Waals surface area contributed by atoms with E-state index in [9.17, 15) is 13.0 Å². The van der Waals surface area contributed by atoms with E-state index in [0.29, 0.717) is 18.0 Å². The zero-order valence-corrected chi connectivity index (χ0v) is 23.4. The monoisotopic (exact) mass is 475 g/mol. The number of benzene rings is 1. The third-order valence-electron chi connectivity index (χ3n) is 5.46. The van der Waals surface area contributed by atoms with Crippen LogP contribution in [-0.4, -0.2) is 26.6 Å². The first-order chi connectivity index (χ1) is 15.0. The van der Waals surface area contributed by atoms with Crippen LogP contribution >= 0.6 is 0 Å². The smallest absolute Gasteiger partial charge is 0.744 e. The molecule has 0 aliphatic heterocycles. The van der Waals surface area contributed by atoms with E-state index >= 15 is 0 Å². The Balaban J connectivity index is 0.00000961. The Morgan fingerprint density at radius 1 is 0.875 bits per heavy atom. The van der Waals surface area contributed by atoms with Gasteiger partial charge < -0.3 is 14.6 Å². The summed E-state index contributed by atoms with van der Waals surface area (Å²) in [6.07, 6.45) is 22.2. The average molecular weight is 476 g/mol. The van der Waals surface area contributed by atoms with Gasteiger partial charge in [-0.3, -0.25) is 0 Å². The number of ether oxygens (including phenoxy) is 1. The van der Waals surface area contributed by atoms with Crippen molar-refractivity contribution in [3.8, 4) is 5.75 Å². The number of hydrogen-bond acceptors (Lipinski definition) is 5. The first-order valence-corrected chi connectivity index (χ1v) is 13.4. The fraction of sp³-hybridized carbons (Fsp3) is 0.680. The van der Waals surface area contributed by atoms with Crippen LogP contribution in [0.1, 0.15) is 96.8 Å². The standard InChI is InChI=1S/C25H43NO4S.Na/c1-3-4-5-6-7-8-9-10-11-12-13-14-15-16-17-18-21-26-24-20-19-23(30-2)22-25(24)31(27,28)29;/h10-11,19-20,22,26H,3-9,12-18,21H2,1-2H3,(H,27,28,29);/q;+1/p-1/b11-10-;. The molecule has 7 heteroatoms. The fourth-order valence-corrected chi connectivity index (χ4v) is 4.25. The number of unbranched alkanes of at least 4 members (excludes halogenated alkanes) is 12. The van der Waals surface area contributed by atoms with E-state index in [2.05, 4.69) is 24.4 Å². The zero-order chi connectivity index (χ0) is 22.8. The van der Waals surface area contributed by atoms with Crippen LogP contribution in [0.15, 0.2) is 35.2 Å². The van der Waals surface area contributed by atoms with Crippen molar-refractivity contribution in [3.63, 3.8) is 0 Å². The molecule has 0 radical (unpaired) electrons. The van der Waals surface area contributed by atoms with Gasteiger partial charge in [-0.1, -0.05) is 76.9 Å². The Morgan fingerprint density at radius 3 is 1.94 bits per heavy atom. The maximum atomic E-state index is 11.4. The summed E-state index contributed by atoms with van der Waals surface area (Å²) in [7, 11) is -3.10. The Bertz CT molecular complexity index is 723. The van der Waals surface area contributed by atoms with Gasteiger partial charge in [-0.2, -0.15) is 0 Å². The summed E-state index contributed by atoms with van der Waals surface area (Å²) in [6.45, 7) is 2.91. The van der Waals surface area contributed by atoms with Gasteiger partial charge in [-0.25, -0.2) is 8.42 Å². The van der Waals surface area contributed by atoms with Crippen molar-refractivity contribution in [3.05, 3.63) is 30.4 Å². The minimum absolute atomic E-state index is 0. The van der Waals surface area contributed by atoms with Gasteiger partial charge in [0.15, 0.2) is 0 Å². The molecule has 1 aromatic rings. The largest absolute Gasteiger partial charge is 1.00 e. The Kier molecular flexibility index (Phi) is 19.6. The summed E-state index contributed by atoms with van der Waals surface area (Å²) in [4.78, 5) is -0.253. The SMILES string of the molecule is CCCCCCCC/C=C\CCCCCCCCNc1ccc(OC)cc1S(=O)(=O)[O-].[Na+]. The Hall–Kier alpha value is -0.530. The first-order valence-electron chi connectivity index (χ1n) is 12.0. The van der Waals surface area contributed by atoms with Crippen LogP contribution in [0.5, 0.6) is 5.75 Å². The second kappa shape index (κ2) is 19.9. The summed E-state index contributed by atoms with van der Waals surface area (Å²) < 4.78 is 39.4. The molecular weight excluding hydrogens is 433 g/mol. The number of allylic oxidation sites excluding steroid dienone is 2. The number of anilines is 1. The molecule has 0 unspecified atom stereocenters. The summed E-state index contributed by atoms with van der Waals surface area (Å²) in [5, 5.41) is 3.08. The molecule has 0 atom stereocenters. The normalized spacial score (nSPS) is 11.5. The molecule has 0 spiro atoms. The molecule has 0 saturated carbocycles. The van der Waals surface area contributed by atoms with E-state index in [1.54, 1.807) is 12.1 Å². The molecule has 1 N–H and O–H groups in total. The number of nitrogens with one attached hydrogen (secondary N) is 1. The second-order valence-electron chi connectivity index (χ2n) is 8.18. The summed E-state index contributed by atoms with van der Waals surface area (Å²) >= 11 is 0. The van der Waals surface area contributed by atoms with Crippen LogP contribution in [-0.2, 0) is 10.1 Å². The predicted octanol–water partition coefficient (Wildman–Crippen LogP) is 4.05. The number of rotatable bonds is 19. The van der Waals surface area contributed by atoms with Crippen LogP contribution in [0.2, 0.25) is 0 Å². The number of methoxy groups -OCH3 is 1. The predicted molar refractivity (Wildman–Crippen MR) is 129 cm³/mol. The molecule has 178 valence electrons. The van der Waals surface area contributed by atoms with Crippen LogP contribution in [0, 0.1) is 0 Å². The summed E-state index contributed by atoms with van der Waals surface area (Å²) in [5.41, 5.74) is 0.351. The first kappa shape index (κ1) is 31.5. The Morgan fingerprint density at radius 2 is 1.41 bits per heavy atom. The van der Waals surface area contributed by atoms with Crippen molar-refractivity contribution in [2.24, 2.45) is 0 Å². The minimum Gasteiger partial charge on any atom is -0.744 e. The maximum absolute atomic E-state index is 11.4. The summed E-state index contributed by atoms with van der Waals surface area (Å²) in [5.74, 6) is 0.359. The molecule has 0 fully saturated rings. The van der Waals surface area contributed by atoms with Gasteiger partial charge in [0.25, 0.3) is 0 Å². The van der Waals surface area contributed by atoms with Crippen LogP contribution < -0.4 is 39.6 Å². The average Bonchev–Trinajstić information content (AvgIpc) is 2.75. The third-order valence-corrected chi connectivity index (χ3v) is 6.34. The molecule has 0 amide bonds. The van der Waals surface area contributed by atoms with E-state index in [4.69, 9.17) is 4.74 Å². The minimum atomic E-state index is -4.54. The molecule has 0 heterocycles. The third kappa shape index (κ3) is 15.3. The molecule has 0 aromatic heterocycles. The fourth-order valence-electron chi connectivity index (χ4n) is 3.58. The van der Waals surface area contributed by atoms with Crippen molar-refractivity contribution in [1.82, 2.24) is 0 Å². The van der Waals surface area contributed by atoms with Crippen LogP contribution in [0.3, 0.4) is 0 Å². The molecular formula is C25H42NNaO4S. The van der Waals surface area contributed by atoms with Gasteiger partial charge in [0, 0.05) is 6.54 Å². The zero-order valence-electron chi connectivity index (χ0n) is 20.5. The van der Waals surface area contributed by atoms with Gasteiger partial charge in [-0.05, 0) is 50.3 Å². The van der Waals surface area contributed by atoms with Crippen molar-refractivity contribution in [1.29, 1.82) is 0 Å². The molecule has 32 heavy (non-hydrogen) atoms. The van der Waals surface area contributed by atoms with Crippen LogP contribution in [0.4, 0.5) is 5.69 Å². The van der Waals surface area contributed by atoms with Gasteiger partial charge in [-0.15, -0.1) is 0 Å². The quantitative estimate of drug-likeness (QED) is 0.141. The molecule has 1 rings (SSSR count). The van der Waals surface area contributed by atoms with E-state index in [-0.39, 0.29) is 34.5 Å². The van der Waals surface area contributed by atoms with E-state index in [1.807, 2.05) is 0 Å². The molecule has 0 aliphatic rings. The van der Waals surface area contributed by atoms with Gasteiger partial charge in [0.2, 0.25) is 0 Å². The van der Waals surface area contributed by atoms with E-state index in [0.717, 1.165) is 12.8 Å². The second-order valence-corrected chi connectivity index (χ2v) is 9.53. The molecule has 0 saturated heterocycles. The van der Waals surface area contributed by atoms with Gasteiger partial charge in [0.05, 0.1) is 17.7 Å². The molecule has 0 bridgehead atoms. The van der Waals surface area contributed by atoms with Gasteiger partial charge >= 0.3 is 29.6 Å². The number of hydrogen-bond donors (Lipinski definition) is 1. The maximum Gasteiger partial charge on any atom is 1.00 e. The van der Waals surface area contributed by atoms with Gasteiger partial charge in [0.1, 0.15) is 15.9 Å². The Labute approximate surface area is 218 Å². The van der Waals surface area contributed by atoms with Crippen molar-refractivity contribution in [2.75, 3.05) is 19.0 Å². The topological polar surface area (TPSA) is 78.5 Å². The molecule has 0 aliphatic carbocycles. The van der Waals surface area contributed by atoms with Crippen LogP contribution in [0.25, 0.3) is 0 Å². The summed E-state index contributed by atoms with van der Waals surface area (Å²) in [6, 6.07) is 4.51.